The van der Waals surface area contributed by atoms with Crippen LogP contribution < -0.4 is 5.73 Å². The van der Waals surface area contributed by atoms with E-state index in [4.69, 9.17) is 28.9 Å². The van der Waals surface area contributed by atoms with E-state index in [2.05, 4.69) is 4.74 Å². The van der Waals surface area contributed by atoms with Crippen molar-refractivity contribution >= 4 is 35.1 Å². The van der Waals surface area contributed by atoms with E-state index in [0.717, 1.165) is 0 Å². The van der Waals surface area contributed by atoms with Crippen LogP contribution in [0, 0.1) is 5.41 Å². The predicted octanol–water partition coefficient (Wildman–Crippen LogP) is 0.599. The van der Waals surface area contributed by atoms with E-state index in [9.17, 15) is 9.59 Å². The molecular weight excluding hydrogens is 217 g/mol. The number of hydrogen-bond acceptors (Lipinski definition) is 3. The highest BCUT2D eigenvalue weighted by atomic mass is 35.5. The van der Waals surface area contributed by atoms with Gasteiger partial charge in [-0.05, 0) is 6.92 Å². The fourth-order valence-corrected chi connectivity index (χ4v) is 1.61. The zero-order valence-corrected chi connectivity index (χ0v) is 8.48. The zero-order chi connectivity index (χ0) is 10.3. The van der Waals surface area contributed by atoms with Crippen molar-refractivity contribution in [3.63, 3.8) is 0 Å². The van der Waals surface area contributed by atoms with E-state index in [-0.39, 0.29) is 0 Å². The maximum atomic E-state index is 11.2. The smallest absolute Gasteiger partial charge is 0.315 e. The Morgan fingerprint density at radius 1 is 1.54 bits per heavy atom. The molecule has 13 heavy (non-hydrogen) atoms. The predicted molar refractivity (Wildman–Crippen MR) is 47.3 cm³/mol. The summed E-state index contributed by atoms with van der Waals surface area (Å²) in [6, 6.07) is 0. The summed E-state index contributed by atoms with van der Waals surface area (Å²) < 4.78 is 3.52. The van der Waals surface area contributed by atoms with Crippen LogP contribution in [0.2, 0.25) is 0 Å². The van der Waals surface area contributed by atoms with E-state index in [1.807, 2.05) is 0 Å². The number of esters is 1. The lowest BCUT2D eigenvalue weighted by atomic mass is 10.1. The summed E-state index contributed by atoms with van der Waals surface area (Å²) in [5.41, 5.74) is 3.89. The lowest BCUT2D eigenvalue weighted by molar-refractivity contribution is -0.152. The van der Waals surface area contributed by atoms with Crippen LogP contribution in [-0.4, -0.2) is 22.8 Å². The topological polar surface area (TPSA) is 69.4 Å². The summed E-state index contributed by atoms with van der Waals surface area (Å²) in [6.07, 6.45) is 0.334. The number of alkyl halides is 2. The van der Waals surface area contributed by atoms with Crippen molar-refractivity contribution in [1.29, 1.82) is 0 Å². The zero-order valence-electron chi connectivity index (χ0n) is 6.97. The van der Waals surface area contributed by atoms with E-state index in [1.165, 1.54) is 0 Å². The Hall–Kier alpha value is -0.480. The average Bonchev–Trinajstić information content (AvgIpc) is 2.48. The minimum atomic E-state index is -1.07. The van der Waals surface area contributed by atoms with Gasteiger partial charge in [-0.25, -0.2) is 0 Å². The number of carbonyl (C=O) groups excluding carboxylic acids is 2. The maximum Gasteiger partial charge on any atom is 0.315 e. The molecule has 0 bridgehead atoms. The van der Waals surface area contributed by atoms with Gasteiger partial charge in [0.15, 0.2) is 6.61 Å². The van der Waals surface area contributed by atoms with Crippen LogP contribution in [0.5, 0.6) is 0 Å². The SMILES string of the molecule is C[C@@]1(C(=O)OCC(N)=O)CC1(Cl)Cl. The Kier molecular flexibility index (Phi) is 2.47. The summed E-state index contributed by atoms with van der Waals surface area (Å²) >= 11 is 11.4. The van der Waals surface area contributed by atoms with Crippen LogP contribution in [0.4, 0.5) is 0 Å². The molecule has 0 radical (unpaired) electrons. The van der Waals surface area contributed by atoms with Gasteiger partial charge in [-0.2, -0.15) is 0 Å². The number of ether oxygens (including phenoxy) is 1. The third kappa shape index (κ3) is 1.89. The van der Waals surface area contributed by atoms with Crippen molar-refractivity contribution in [2.24, 2.45) is 11.1 Å². The molecule has 0 saturated heterocycles. The molecule has 0 spiro atoms. The molecule has 4 nitrogen and oxygen atoms in total. The molecule has 0 heterocycles. The third-order valence-corrected chi connectivity index (χ3v) is 3.16. The fraction of sp³-hybridized carbons (Fsp3) is 0.714. The Morgan fingerprint density at radius 2 is 2.00 bits per heavy atom. The van der Waals surface area contributed by atoms with Gasteiger partial charge in [0.2, 0.25) is 0 Å². The molecule has 6 heteroatoms. The number of halogens is 2. The second kappa shape index (κ2) is 3.03. The second-order valence-corrected chi connectivity index (χ2v) is 4.74. The van der Waals surface area contributed by atoms with Crippen LogP contribution in [0.1, 0.15) is 13.3 Å². The normalized spacial score (nSPS) is 29.5. The van der Waals surface area contributed by atoms with Gasteiger partial charge in [-0.3, -0.25) is 9.59 Å². The highest BCUT2D eigenvalue weighted by molar-refractivity contribution is 6.53. The Balaban J connectivity index is 2.47. The van der Waals surface area contributed by atoms with Gasteiger partial charge in [0.25, 0.3) is 5.91 Å². The first-order valence-corrected chi connectivity index (χ1v) is 4.38. The molecule has 74 valence electrons. The minimum absolute atomic E-state index is 0.334. The fourth-order valence-electron chi connectivity index (χ4n) is 0.917. The summed E-state index contributed by atoms with van der Waals surface area (Å²) in [7, 11) is 0. The van der Waals surface area contributed by atoms with Crippen molar-refractivity contribution < 1.29 is 14.3 Å². The van der Waals surface area contributed by atoms with Crippen LogP contribution in [0.25, 0.3) is 0 Å². The standard InChI is InChI=1S/C7H9Cl2NO3/c1-6(3-7(6,8)9)5(12)13-2-4(10)11/h2-3H2,1H3,(H2,10,11)/t6-/m0/s1. The monoisotopic (exact) mass is 225 g/mol. The number of primary amides is 1. The van der Waals surface area contributed by atoms with Gasteiger partial charge in [0.05, 0.1) is 0 Å². The lowest BCUT2D eigenvalue weighted by Crippen LogP contribution is -2.27. The molecule has 0 aromatic heterocycles. The highest BCUT2D eigenvalue weighted by Crippen LogP contribution is 2.64. The Bertz CT molecular complexity index is 266. The summed E-state index contributed by atoms with van der Waals surface area (Å²) in [5.74, 6) is -1.29. The summed E-state index contributed by atoms with van der Waals surface area (Å²) in [6.45, 7) is 1.15. The van der Waals surface area contributed by atoms with Crippen LogP contribution in [0.3, 0.4) is 0 Å². The first-order valence-electron chi connectivity index (χ1n) is 3.63. The molecule has 0 unspecified atom stereocenters. The number of hydrogen-bond donors (Lipinski definition) is 1. The van der Waals surface area contributed by atoms with Crippen LogP contribution in [0.15, 0.2) is 0 Å². The van der Waals surface area contributed by atoms with Gasteiger partial charge in [0.1, 0.15) is 9.75 Å². The molecule has 1 aliphatic rings. The van der Waals surface area contributed by atoms with Crippen molar-refractivity contribution in [3.8, 4) is 0 Å². The third-order valence-electron chi connectivity index (χ3n) is 2.05. The second-order valence-electron chi connectivity index (χ2n) is 3.26. The number of carbonyl (C=O) groups is 2. The summed E-state index contributed by atoms with van der Waals surface area (Å²) in [5, 5.41) is 0. The maximum absolute atomic E-state index is 11.2. The van der Waals surface area contributed by atoms with Crippen molar-refractivity contribution in [2.45, 2.75) is 17.7 Å². The Labute approximate surface area is 85.3 Å². The van der Waals surface area contributed by atoms with Crippen LogP contribution >= 0.6 is 23.2 Å². The van der Waals surface area contributed by atoms with Crippen molar-refractivity contribution in [3.05, 3.63) is 0 Å². The quantitative estimate of drug-likeness (QED) is 0.565. The molecular formula is C7H9Cl2NO3. The largest absolute Gasteiger partial charge is 0.455 e. The van der Waals surface area contributed by atoms with E-state index < -0.39 is 28.2 Å². The van der Waals surface area contributed by atoms with Crippen LogP contribution in [-0.2, 0) is 14.3 Å². The molecule has 2 N–H and O–H groups in total. The number of amides is 1. The minimum Gasteiger partial charge on any atom is -0.455 e. The number of nitrogens with two attached hydrogens (primary N) is 1. The lowest BCUT2D eigenvalue weighted by Gasteiger charge is -2.09. The molecule has 0 aromatic rings. The average molecular weight is 226 g/mol. The number of rotatable bonds is 3. The van der Waals surface area contributed by atoms with Gasteiger partial charge in [-0.15, -0.1) is 23.2 Å². The van der Waals surface area contributed by atoms with Crippen molar-refractivity contribution in [2.75, 3.05) is 6.61 Å². The van der Waals surface area contributed by atoms with Crippen molar-refractivity contribution in [1.82, 2.24) is 0 Å². The summed E-state index contributed by atoms with van der Waals surface area (Å²) in [4.78, 5) is 21.5. The van der Waals surface area contributed by atoms with Gasteiger partial charge >= 0.3 is 5.97 Å². The molecule has 0 aromatic carbocycles. The van der Waals surface area contributed by atoms with E-state index in [1.54, 1.807) is 6.92 Å². The molecule has 1 fully saturated rings. The molecule has 1 rings (SSSR count). The van der Waals surface area contributed by atoms with E-state index in [0.29, 0.717) is 6.42 Å². The first kappa shape index (κ1) is 10.6. The van der Waals surface area contributed by atoms with E-state index >= 15 is 0 Å². The highest BCUT2D eigenvalue weighted by Gasteiger charge is 2.69. The Morgan fingerprint density at radius 3 is 2.31 bits per heavy atom. The first-order chi connectivity index (χ1) is 5.79. The van der Waals surface area contributed by atoms with Gasteiger partial charge in [0, 0.05) is 6.42 Å². The molecule has 0 aliphatic heterocycles. The van der Waals surface area contributed by atoms with Gasteiger partial charge < -0.3 is 10.5 Å². The van der Waals surface area contributed by atoms with Gasteiger partial charge in [-0.1, -0.05) is 0 Å². The molecule has 1 saturated carbocycles. The molecule has 1 aliphatic carbocycles. The molecule has 1 atom stereocenters. The molecule has 1 amide bonds.